The quantitative estimate of drug-likeness (QED) is 0.409. The molecule has 1 saturated heterocycles. The van der Waals surface area contributed by atoms with Crippen LogP contribution in [0.1, 0.15) is 27.7 Å². The zero-order chi connectivity index (χ0) is 19.8. The number of carbonyl (C=O) groups excluding carboxylic acids is 2. The molecular weight excluding hydrogens is 372 g/mol. The number of aryl methyl sites for hydroxylation is 2. The van der Waals surface area contributed by atoms with E-state index in [2.05, 4.69) is 4.98 Å². The molecule has 0 saturated carbocycles. The molecule has 1 aliphatic heterocycles. The van der Waals surface area contributed by atoms with Crippen LogP contribution >= 0.6 is 11.3 Å². The second kappa shape index (κ2) is 7.05. The number of thiazole rings is 1. The number of aliphatic hydroxyl groups excluding tert-OH is 1. The van der Waals surface area contributed by atoms with Crippen LogP contribution in [-0.2, 0) is 9.59 Å². The van der Waals surface area contributed by atoms with E-state index in [1.165, 1.54) is 16.2 Å². The number of anilines is 1. The Morgan fingerprint density at radius 1 is 1.00 bits per heavy atom. The summed E-state index contributed by atoms with van der Waals surface area (Å²) in [5.41, 5.74) is 2.13. The predicted molar refractivity (Wildman–Crippen MR) is 109 cm³/mol. The third-order valence-corrected chi connectivity index (χ3v) is 5.90. The molecule has 2 aromatic carbocycles. The van der Waals surface area contributed by atoms with Gasteiger partial charge in [0, 0.05) is 10.4 Å². The molecule has 28 heavy (non-hydrogen) atoms. The van der Waals surface area contributed by atoms with Gasteiger partial charge in [-0.2, -0.15) is 0 Å². The molecule has 6 heteroatoms. The first-order valence-corrected chi connectivity index (χ1v) is 9.66. The number of carbonyl (C=O) groups is 2. The Balaban J connectivity index is 1.95. The Morgan fingerprint density at radius 3 is 2.18 bits per heavy atom. The fourth-order valence-corrected chi connectivity index (χ4v) is 4.23. The largest absolute Gasteiger partial charge is 0.507 e. The molecule has 1 aromatic heterocycles. The third kappa shape index (κ3) is 2.92. The van der Waals surface area contributed by atoms with Crippen molar-refractivity contribution in [2.24, 2.45) is 0 Å². The van der Waals surface area contributed by atoms with Crippen LogP contribution < -0.4 is 4.90 Å². The number of amides is 1. The number of rotatable bonds is 3. The van der Waals surface area contributed by atoms with Gasteiger partial charge in [0.2, 0.25) is 0 Å². The van der Waals surface area contributed by atoms with Gasteiger partial charge in [-0.3, -0.25) is 14.5 Å². The highest BCUT2D eigenvalue weighted by Gasteiger charge is 2.48. The van der Waals surface area contributed by atoms with Gasteiger partial charge in [-0.25, -0.2) is 4.98 Å². The second-order valence-electron chi connectivity index (χ2n) is 6.58. The standard InChI is InChI=1S/C22H18N2O3S/c1-13-14(2)28-22(23-13)24-18(15-9-5-3-6-10-15)17(20(26)21(24)27)19(25)16-11-7-4-8-12-16/h3-12,18,25H,1-2H3/b19-17-. The van der Waals surface area contributed by atoms with Gasteiger partial charge in [-0.1, -0.05) is 60.7 Å². The monoisotopic (exact) mass is 390 g/mol. The van der Waals surface area contributed by atoms with Gasteiger partial charge in [0.25, 0.3) is 5.78 Å². The molecule has 3 aromatic rings. The maximum atomic E-state index is 13.0. The second-order valence-corrected chi connectivity index (χ2v) is 7.77. The van der Waals surface area contributed by atoms with E-state index in [0.717, 1.165) is 16.1 Å². The lowest BCUT2D eigenvalue weighted by molar-refractivity contribution is -0.132. The maximum absolute atomic E-state index is 13.0. The summed E-state index contributed by atoms with van der Waals surface area (Å²) in [5, 5.41) is 11.4. The van der Waals surface area contributed by atoms with Crippen LogP contribution in [0.5, 0.6) is 0 Å². The van der Waals surface area contributed by atoms with Crippen LogP contribution in [0.25, 0.3) is 5.76 Å². The SMILES string of the molecule is Cc1nc(N2C(=O)C(=O)/C(=C(\O)c3ccccc3)C2c2ccccc2)sc1C. The number of aliphatic hydroxyl groups is 1. The van der Waals surface area contributed by atoms with Crippen LogP contribution in [0.2, 0.25) is 0 Å². The molecule has 1 unspecified atom stereocenters. The number of Topliss-reactive ketones (excluding diaryl/α,β-unsaturated/α-hetero) is 1. The Morgan fingerprint density at radius 2 is 1.61 bits per heavy atom. The molecule has 0 bridgehead atoms. The van der Waals surface area contributed by atoms with E-state index in [-0.39, 0.29) is 11.3 Å². The molecule has 1 amide bonds. The molecule has 0 spiro atoms. The summed E-state index contributed by atoms with van der Waals surface area (Å²) < 4.78 is 0. The summed E-state index contributed by atoms with van der Waals surface area (Å²) in [6.07, 6.45) is 0. The highest BCUT2D eigenvalue weighted by atomic mass is 32.1. The van der Waals surface area contributed by atoms with Gasteiger partial charge >= 0.3 is 5.91 Å². The summed E-state index contributed by atoms with van der Waals surface area (Å²) in [4.78, 5) is 32.8. The topological polar surface area (TPSA) is 70.5 Å². The van der Waals surface area contributed by atoms with Gasteiger partial charge in [0.1, 0.15) is 5.76 Å². The van der Waals surface area contributed by atoms with Crippen LogP contribution in [0.15, 0.2) is 66.2 Å². The summed E-state index contributed by atoms with van der Waals surface area (Å²) in [6.45, 7) is 3.79. The first-order valence-electron chi connectivity index (χ1n) is 8.84. The Bertz CT molecular complexity index is 1070. The Labute approximate surface area is 166 Å². The van der Waals surface area contributed by atoms with Crippen molar-refractivity contribution < 1.29 is 14.7 Å². The lowest BCUT2D eigenvalue weighted by Crippen LogP contribution is -2.29. The molecule has 1 N–H and O–H groups in total. The number of nitrogens with zero attached hydrogens (tertiary/aromatic N) is 2. The smallest absolute Gasteiger partial charge is 0.301 e. The number of hydrogen-bond acceptors (Lipinski definition) is 5. The van der Waals surface area contributed by atoms with Crippen LogP contribution in [0, 0.1) is 13.8 Å². The minimum atomic E-state index is -0.730. The first-order chi connectivity index (χ1) is 13.5. The Kier molecular flexibility index (Phi) is 4.57. The van der Waals surface area contributed by atoms with Crippen molar-refractivity contribution in [3.05, 3.63) is 87.9 Å². The number of benzene rings is 2. The van der Waals surface area contributed by atoms with Crippen molar-refractivity contribution in [3.8, 4) is 0 Å². The van der Waals surface area contributed by atoms with Crippen LogP contribution in [0.4, 0.5) is 5.13 Å². The van der Waals surface area contributed by atoms with Crippen LogP contribution in [0.3, 0.4) is 0 Å². The molecule has 0 radical (unpaired) electrons. The van der Waals surface area contributed by atoms with E-state index < -0.39 is 17.7 Å². The molecule has 1 fully saturated rings. The predicted octanol–water partition coefficient (Wildman–Crippen LogP) is 4.39. The van der Waals surface area contributed by atoms with E-state index in [1.807, 2.05) is 50.2 Å². The minimum Gasteiger partial charge on any atom is -0.507 e. The van der Waals surface area contributed by atoms with E-state index in [0.29, 0.717) is 10.7 Å². The molecule has 5 nitrogen and oxygen atoms in total. The highest BCUT2D eigenvalue weighted by molar-refractivity contribution is 7.16. The molecule has 1 atom stereocenters. The zero-order valence-electron chi connectivity index (χ0n) is 15.4. The van der Waals surface area contributed by atoms with E-state index in [1.54, 1.807) is 24.3 Å². The third-order valence-electron chi connectivity index (χ3n) is 4.83. The fraction of sp³-hybridized carbons (Fsp3) is 0.136. The van der Waals surface area contributed by atoms with Crippen molar-refractivity contribution in [2.45, 2.75) is 19.9 Å². The molecule has 1 aliphatic rings. The average Bonchev–Trinajstić information content (AvgIpc) is 3.19. The highest BCUT2D eigenvalue weighted by Crippen LogP contribution is 2.43. The molecule has 2 heterocycles. The van der Waals surface area contributed by atoms with Crippen molar-refractivity contribution in [3.63, 3.8) is 0 Å². The van der Waals surface area contributed by atoms with Crippen molar-refractivity contribution >= 4 is 33.9 Å². The molecular formula is C22H18N2O3S. The normalized spacial score (nSPS) is 18.6. The van der Waals surface area contributed by atoms with Crippen LogP contribution in [-0.4, -0.2) is 21.8 Å². The van der Waals surface area contributed by atoms with E-state index in [4.69, 9.17) is 0 Å². The minimum absolute atomic E-state index is 0.0768. The number of ketones is 1. The van der Waals surface area contributed by atoms with E-state index >= 15 is 0 Å². The number of aromatic nitrogens is 1. The zero-order valence-corrected chi connectivity index (χ0v) is 16.2. The average molecular weight is 390 g/mol. The van der Waals surface area contributed by atoms with Crippen molar-refractivity contribution in [1.29, 1.82) is 0 Å². The van der Waals surface area contributed by atoms with Gasteiger partial charge in [0.15, 0.2) is 5.13 Å². The van der Waals surface area contributed by atoms with Gasteiger partial charge in [-0.05, 0) is 19.4 Å². The van der Waals surface area contributed by atoms with E-state index in [9.17, 15) is 14.7 Å². The first kappa shape index (κ1) is 18.1. The molecule has 140 valence electrons. The lowest BCUT2D eigenvalue weighted by atomic mass is 9.95. The lowest BCUT2D eigenvalue weighted by Gasteiger charge is -2.22. The number of hydrogen-bond donors (Lipinski definition) is 1. The van der Waals surface area contributed by atoms with Gasteiger partial charge < -0.3 is 5.11 Å². The van der Waals surface area contributed by atoms with Crippen molar-refractivity contribution in [1.82, 2.24) is 4.98 Å². The van der Waals surface area contributed by atoms with Gasteiger partial charge in [0.05, 0.1) is 17.3 Å². The summed E-state index contributed by atoms with van der Waals surface area (Å²) >= 11 is 1.36. The summed E-state index contributed by atoms with van der Waals surface area (Å²) in [5.74, 6) is -1.57. The molecule has 0 aliphatic carbocycles. The Hall–Kier alpha value is -3.25. The molecule has 4 rings (SSSR count). The summed E-state index contributed by atoms with van der Waals surface area (Å²) in [6, 6.07) is 17.3. The van der Waals surface area contributed by atoms with Gasteiger partial charge in [-0.15, -0.1) is 11.3 Å². The fourth-order valence-electron chi connectivity index (χ4n) is 3.29. The van der Waals surface area contributed by atoms with Crippen molar-refractivity contribution in [2.75, 3.05) is 4.90 Å². The maximum Gasteiger partial charge on any atom is 0.301 e. The summed E-state index contributed by atoms with van der Waals surface area (Å²) in [7, 11) is 0.